The Morgan fingerprint density at radius 2 is 1.57 bits per heavy atom. The minimum atomic E-state index is -0.312. The van der Waals surface area contributed by atoms with E-state index in [1.165, 1.54) is 22.3 Å². The molecule has 3 aromatic carbocycles. The molecule has 0 radical (unpaired) electrons. The molecule has 0 atom stereocenters. The number of carbonyl (C=O) groups excluding carboxylic acids is 1. The summed E-state index contributed by atoms with van der Waals surface area (Å²) in [6.45, 7) is 0.873. The van der Waals surface area contributed by atoms with Gasteiger partial charge in [-0.15, -0.1) is 0 Å². The fourth-order valence-corrected chi connectivity index (χ4v) is 4.23. The maximum absolute atomic E-state index is 12.6. The van der Waals surface area contributed by atoms with Crippen molar-refractivity contribution in [2.75, 3.05) is 20.2 Å². The van der Waals surface area contributed by atoms with Crippen LogP contribution in [0.15, 0.2) is 83.3 Å². The molecule has 0 unspecified atom stereocenters. The number of carbonyl (C=O) groups is 1. The molecule has 1 amide bonds. The van der Waals surface area contributed by atoms with Gasteiger partial charge in [0.15, 0.2) is 0 Å². The Bertz CT molecular complexity index is 1130. The van der Waals surface area contributed by atoms with Crippen molar-refractivity contribution < 1.29 is 13.9 Å². The van der Waals surface area contributed by atoms with Crippen molar-refractivity contribution in [3.8, 4) is 11.1 Å². The van der Waals surface area contributed by atoms with Crippen molar-refractivity contribution in [2.24, 2.45) is 0 Å². The summed E-state index contributed by atoms with van der Waals surface area (Å²) in [5.74, 6) is 0.944. The number of ether oxygens (including phenoxy) is 1. The number of fused-ring (bicyclic) bond motifs is 4. The number of hydrogen-bond donors (Lipinski definition) is 0. The van der Waals surface area contributed by atoms with E-state index in [0.717, 1.165) is 16.7 Å². The minimum Gasteiger partial charge on any atom is -0.461 e. The van der Waals surface area contributed by atoms with Crippen LogP contribution in [0.25, 0.3) is 22.1 Å². The average Bonchev–Trinajstić information content (AvgIpc) is 3.34. The van der Waals surface area contributed by atoms with Crippen LogP contribution in [0.5, 0.6) is 0 Å². The summed E-state index contributed by atoms with van der Waals surface area (Å²) in [5, 5.41) is 1.08. The van der Waals surface area contributed by atoms with Crippen molar-refractivity contribution in [3.63, 3.8) is 0 Å². The number of nitrogens with zero attached hydrogens (tertiary/aromatic N) is 1. The second kappa shape index (κ2) is 7.71. The second-order valence-corrected chi connectivity index (χ2v) is 7.73. The molecule has 4 heteroatoms. The average molecular weight is 397 g/mol. The number of likely N-dealkylation sites (N-methyl/N-ethyl adjacent to an activating group) is 1. The lowest BCUT2D eigenvalue weighted by Crippen LogP contribution is -2.30. The first-order valence-corrected chi connectivity index (χ1v) is 10.2. The summed E-state index contributed by atoms with van der Waals surface area (Å²) in [6.07, 6.45) is 0.336. The number of hydrogen-bond acceptors (Lipinski definition) is 3. The van der Waals surface area contributed by atoms with Gasteiger partial charge >= 0.3 is 6.09 Å². The summed E-state index contributed by atoms with van der Waals surface area (Å²) < 4.78 is 11.5. The van der Waals surface area contributed by atoms with Crippen molar-refractivity contribution in [1.82, 2.24) is 4.90 Å². The summed E-state index contributed by atoms with van der Waals surface area (Å²) in [6, 6.07) is 26.7. The predicted molar refractivity (Wildman–Crippen MR) is 118 cm³/mol. The van der Waals surface area contributed by atoms with Crippen molar-refractivity contribution in [2.45, 2.75) is 12.3 Å². The molecule has 4 aromatic rings. The molecule has 150 valence electrons. The van der Waals surface area contributed by atoms with Gasteiger partial charge in [0.25, 0.3) is 0 Å². The largest absolute Gasteiger partial charge is 0.461 e. The molecular weight excluding hydrogens is 374 g/mol. The molecule has 1 aliphatic rings. The molecule has 0 N–H and O–H groups in total. The van der Waals surface area contributed by atoms with Gasteiger partial charge in [-0.25, -0.2) is 4.79 Å². The lowest BCUT2D eigenvalue weighted by molar-refractivity contribution is 0.108. The molecule has 0 saturated carbocycles. The molecular formula is C26H23NO3. The number of furan rings is 1. The molecule has 1 aliphatic carbocycles. The Morgan fingerprint density at radius 1 is 0.933 bits per heavy atom. The highest BCUT2D eigenvalue weighted by molar-refractivity contribution is 5.79. The Hall–Kier alpha value is -3.53. The molecule has 0 bridgehead atoms. The standard InChI is InChI=1S/C26H23NO3/c1-27(15-14-19-16-18-8-2-7-13-25(18)30-19)26(28)29-17-24-22-11-5-3-9-20(22)21-10-4-6-12-23(21)24/h2-13,16,24H,14-15,17H2,1H3. The normalized spacial score (nSPS) is 12.6. The van der Waals surface area contributed by atoms with Gasteiger partial charge < -0.3 is 14.1 Å². The summed E-state index contributed by atoms with van der Waals surface area (Å²) in [4.78, 5) is 14.2. The van der Waals surface area contributed by atoms with E-state index in [9.17, 15) is 4.79 Å². The molecule has 0 spiro atoms. The first-order valence-electron chi connectivity index (χ1n) is 10.2. The zero-order valence-electron chi connectivity index (χ0n) is 16.9. The number of rotatable bonds is 5. The zero-order valence-corrected chi connectivity index (χ0v) is 16.9. The van der Waals surface area contributed by atoms with Crippen LogP contribution in [-0.2, 0) is 11.2 Å². The Labute approximate surface area is 175 Å². The van der Waals surface area contributed by atoms with Gasteiger partial charge in [0, 0.05) is 31.3 Å². The van der Waals surface area contributed by atoms with Crippen LogP contribution in [0.4, 0.5) is 4.79 Å². The summed E-state index contributed by atoms with van der Waals surface area (Å²) in [7, 11) is 1.77. The maximum atomic E-state index is 12.6. The van der Waals surface area contributed by atoms with Gasteiger partial charge in [0.1, 0.15) is 18.0 Å². The van der Waals surface area contributed by atoms with E-state index in [4.69, 9.17) is 9.15 Å². The monoisotopic (exact) mass is 397 g/mol. The molecule has 0 aliphatic heterocycles. The first kappa shape index (κ1) is 18.5. The van der Waals surface area contributed by atoms with E-state index in [1.54, 1.807) is 11.9 Å². The summed E-state index contributed by atoms with van der Waals surface area (Å²) in [5.41, 5.74) is 5.77. The predicted octanol–water partition coefficient (Wildman–Crippen LogP) is 5.86. The number of para-hydroxylation sites is 1. The van der Waals surface area contributed by atoms with Crippen LogP contribution in [-0.4, -0.2) is 31.2 Å². The number of amides is 1. The van der Waals surface area contributed by atoms with Crippen molar-refractivity contribution >= 4 is 17.1 Å². The molecule has 5 rings (SSSR count). The van der Waals surface area contributed by atoms with Gasteiger partial charge in [0.2, 0.25) is 0 Å². The SMILES string of the molecule is CN(CCc1cc2ccccc2o1)C(=O)OCC1c2ccccc2-c2ccccc21. The fourth-order valence-electron chi connectivity index (χ4n) is 4.23. The first-order chi connectivity index (χ1) is 14.7. The van der Waals surface area contributed by atoms with E-state index in [1.807, 2.05) is 42.5 Å². The zero-order chi connectivity index (χ0) is 20.5. The van der Waals surface area contributed by atoms with E-state index < -0.39 is 0 Å². The summed E-state index contributed by atoms with van der Waals surface area (Å²) >= 11 is 0. The van der Waals surface area contributed by atoms with Gasteiger partial charge in [-0.05, 0) is 34.4 Å². The molecule has 0 saturated heterocycles. The third kappa shape index (κ3) is 3.35. The molecule has 0 fully saturated rings. The van der Waals surface area contributed by atoms with E-state index in [-0.39, 0.29) is 12.0 Å². The Kier molecular flexibility index (Phi) is 4.75. The maximum Gasteiger partial charge on any atom is 0.409 e. The van der Waals surface area contributed by atoms with Crippen LogP contribution >= 0.6 is 0 Å². The minimum absolute atomic E-state index is 0.0742. The topological polar surface area (TPSA) is 42.7 Å². The second-order valence-electron chi connectivity index (χ2n) is 7.73. The van der Waals surface area contributed by atoms with Crippen molar-refractivity contribution in [3.05, 3.63) is 95.7 Å². The Balaban J connectivity index is 1.22. The van der Waals surface area contributed by atoms with Crippen LogP contribution in [0.1, 0.15) is 22.8 Å². The molecule has 30 heavy (non-hydrogen) atoms. The van der Waals surface area contributed by atoms with Crippen LogP contribution in [0, 0.1) is 0 Å². The van der Waals surface area contributed by atoms with Crippen molar-refractivity contribution in [1.29, 1.82) is 0 Å². The van der Waals surface area contributed by atoms with E-state index in [0.29, 0.717) is 19.6 Å². The fraction of sp³-hybridized carbons (Fsp3) is 0.192. The van der Waals surface area contributed by atoms with E-state index >= 15 is 0 Å². The van der Waals surface area contributed by atoms with E-state index in [2.05, 4.69) is 36.4 Å². The molecule has 1 aromatic heterocycles. The van der Waals surface area contributed by atoms with Gasteiger partial charge in [-0.3, -0.25) is 0 Å². The van der Waals surface area contributed by atoms with Crippen LogP contribution in [0.3, 0.4) is 0 Å². The van der Waals surface area contributed by atoms with Crippen LogP contribution < -0.4 is 0 Å². The highest BCUT2D eigenvalue weighted by Gasteiger charge is 2.29. The third-order valence-electron chi connectivity index (χ3n) is 5.82. The van der Waals surface area contributed by atoms with Gasteiger partial charge in [-0.2, -0.15) is 0 Å². The van der Waals surface area contributed by atoms with Crippen LogP contribution in [0.2, 0.25) is 0 Å². The quantitative estimate of drug-likeness (QED) is 0.424. The third-order valence-corrected chi connectivity index (χ3v) is 5.82. The lowest BCUT2D eigenvalue weighted by atomic mass is 9.98. The molecule has 4 nitrogen and oxygen atoms in total. The highest BCUT2D eigenvalue weighted by atomic mass is 16.6. The molecule has 1 heterocycles. The highest BCUT2D eigenvalue weighted by Crippen LogP contribution is 2.44. The lowest BCUT2D eigenvalue weighted by Gasteiger charge is -2.19. The number of benzene rings is 3. The van der Waals surface area contributed by atoms with Gasteiger partial charge in [-0.1, -0.05) is 66.7 Å². The Morgan fingerprint density at radius 3 is 2.27 bits per heavy atom. The van der Waals surface area contributed by atoms with Gasteiger partial charge in [0.05, 0.1) is 0 Å². The smallest absolute Gasteiger partial charge is 0.409 e.